The molecule has 0 saturated carbocycles. The van der Waals surface area contributed by atoms with Crippen LogP contribution in [0.2, 0.25) is 0 Å². The van der Waals surface area contributed by atoms with Crippen LogP contribution in [0.1, 0.15) is 22.3 Å². The molecular weight excluding hydrogens is 354 g/mol. The molecule has 0 aromatic heterocycles. The monoisotopic (exact) mass is 379 g/mol. The van der Waals surface area contributed by atoms with Crippen LogP contribution in [0.4, 0.5) is 17.1 Å². The molecule has 0 amide bonds. The summed E-state index contributed by atoms with van der Waals surface area (Å²) in [5.74, 6) is 0.302. The molecule has 0 spiro atoms. The Morgan fingerprint density at radius 1 is 0.517 bits per heavy atom. The van der Waals surface area contributed by atoms with Gasteiger partial charge in [0, 0.05) is 17.1 Å². The SMILES string of the molecule is Cc1ccc(N(c2ccc(C)cc2)c2ccc(Cc3ccc(O)cc3)cc2)cc1. The molecule has 2 nitrogen and oxygen atoms in total. The highest BCUT2D eigenvalue weighted by Gasteiger charge is 2.12. The number of anilines is 3. The topological polar surface area (TPSA) is 23.5 Å². The minimum atomic E-state index is 0.302. The van der Waals surface area contributed by atoms with Gasteiger partial charge >= 0.3 is 0 Å². The smallest absolute Gasteiger partial charge is 0.115 e. The van der Waals surface area contributed by atoms with E-state index in [1.54, 1.807) is 12.1 Å². The van der Waals surface area contributed by atoms with E-state index in [9.17, 15) is 5.11 Å². The van der Waals surface area contributed by atoms with Gasteiger partial charge in [0.05, 0.1) is 0 Å². The van der Waals surface area contributed by atoms with Gasteiger partial charge in [-0.1, -0.05) is 59.7 Å². The number of rotatable bonds is 5. The first-order chi connectivity index (χ1) is 14.1. The summed E-state index contributed by atoms with van der Waals surface area (Å²) in [7, 11) is 0. The summed E-state index contributed by atoms with van der Waals surface area (Å²) in [5, 5.41) is 9.47. The first-order valence-electron chi connectivity index (χ1n) is 9.89. The summed E-state index contributed by atoms with van der Waals surface area (Å²) in [6.07, 6.45) is 0.843. The van der Waals surface area contributed by atoms with Crippen molar-refractivity contribution in [1.29, 1.82) is 0 Å². The van der Waals surface area contributed by atoms with Gasteiger partial charge in [0.15, 0.2) is 0 Å². The Kier molecular flexibility index (Phi) is 5.35. The fourth-order valence-electron chi connectivity index (χ4n) is 3.45. The van der Waals surface area contributed by atoms with E-state index in [2.05, 4.69) is 91.5 Å². The van der Waals surface area contributed by atoms with Crippen LogP contribution in [0.5, 0.6) is 5.75 Å². The van der Waals surface area contributed by atoms with Crippen molar-refractivity contribution in [2.45, 2.75) is 20.3 Å². The van der Waals surface area contributed by atoms with Crippen molar-refractivity contribution in [3.05, 3.63) is 119 Å². The lowest BCUT2D eigenvalue weighted by atomic mass is 10.0. The molecule has 29 heavy (non-hydrogen) atoms. The second-order valence-corrected chi connectivity index (χ2v) is 7.52. The van der Waals surface area contributed by atoms with Crippen molar-refractivity contribution < 1.29 is 5.11 Å². The third-order valence-corrected chi connectivity index (χ3v) is 5.12. The number of phenols is 1. The first-order valence-corrected chi connectivity index (χ1v) is 9.89. The van der Waals surface area contributed by atoms with E-state index in [-0.39, 0.29) is 0 Å². The molecule has 0 atom stereocenters. The van der Waals surface area contributed by atoms with Crippen molar-refractivity contribution in [2.75, 3.05) is 4.90 Å². The highest BCUT2D eigenvalue weighted by molar-refractivity contribution is 5.76. The van der Waals surface area contributed by atoms with Crippen molar-refractivity contribution in [3.63, 3.8) is 0 Å². The molecule has 0 heterocycles. The predicted octanol–water partition coefficient (Wildman–Crippen LogP) is 7.07. The van der Waals surface area contributed by atoms with Crippen molar-refractivity contribution in [3.8, 4) is 5.75 Å². The van der Waals surface area contributed by atoms with E-state index in [0.717, 1.165) is 23.5 Å². The Hall–Kier alpha value is -3.52. The van der Waals surface area contributed by atoms with Gasteiger partial charge in [-0.15, -0.1) is 0 Å². The van der Waals surface area contributed by atoms with E-state index < -0.39 is 0 Å². The van der Waals surface area contributed by atoms with Crippen LogP contribution >= 0.6 is 0 Å². The lowest BCUT2D eigenvalue weighted by Gasteiger charge is -2.26. The maximum absolute atomic E-state index is 9.47. The number of benzene rings is 4. The van der Waals surface area contributed by atoms with E-state index in [4.69, 9.17) is 0 Å². The van der Waals surface area contributed by atoms with Crippen molar-refractivity contribution in [2.24, 2.45) is 0 Å². The Labute approximate surface area is 172 Å². The number of aryl methyl sites for hydroxylation is 2. The summed E-state index contributed by atoms with van der Waals surface area (Å²) in [4.78, 5) is 2.28. The van der Waals surface area contributed by atoms with Gasteiger partial charge in [0.25, 0.3) is 0 Å². The minimum absolute atomic E-state index is 0.302. The Morgan fingerprint density at radius 2 is 0.862 bits per heavy atom. The average Bonchev–Trinajstić information content (AvgIpc) is 2.74. The third-order valence-electron chi connectivity index (χ3n) is 5.12. The van der Waals surface area contributed by atoms with E-state index in [1.807, 2.05) is 12.1 Å². The van der Waals surface area contributed by atoms with Gasteiger partial charge in [0.2, 0.25) is 0 Å². The molecule has 0 saturated heterocycles. The van der Waals surface area contributed by atoms with Gasteiger partial charge in [0.1, 0.15) is 5.75 Å². The molecule has 0 bridgehead atoms. The summed E-state index contributed by atoms with van der Waals surface area (Å²) in [6.45, 7) is 4.22. The van der Waals surface area contributed by atoms with E-state index in [1.165, 1.54) is 22.3 Å². The zero-order valence-corrected chi connectivity index (χ0v) is 16.8. The molecule has 0 fully saturated rings. The summed E-state index contributed by atoms with van der Waals surface area (Å²) < 4.78 is 0. The third kappa shape index (κ3) is 4.49. The fraction of sp³-hybridized carbons (Fsp3) is 0.111. The van der Waals surface area contributed by atoms with Gasteiger partial charge in [-0.2, -0.15) is 0 Å². The lowest BCUT2D eigenvalue weighted by molar-refractivity contribution is 0.475. The second-order valence-electron chi connectivity index (χ2n) is 7.52. The highest BCUT2D eigenvalue weighted by Crippen LogP contribution is 2.34. The van der Waals surface area contributed by atoms with E-state index >= 15 is 0 Å². The first kappa shape index (κ1) is 18.8. The van der Waals surface area contributed by atoms with Crippen molar-refractivity contribution >= 4 is 17.1 Å². The zero-order chi connectivity index (χ0) is 20.2. The number of phenolic OH excluding ortho intramolecular Hbond substituents is 1. The van der Waals surface area contributed by atoms with Crippen molar-refractivity contribution in [1.82, 2.24) is 0 Å². The van der Waals surface area contributed by atoms with Crippen LogP contribution in [-0.2, 0) is 6.42 Å². The molecule has 0 aliphatic carbocycles. The number of hydrogen-bond acceptors (Lipinski definition) is 2. The molecule has 4 aromatic carbocycles. The van der Waals surface area contributed by atoms with Crippen LogP contribution < -0.4 is 4.90 Å². The number of nitrogens with zero attached hydrogens (tertiary/aromatic N) is 1. The normalized spacial score (nSPS) is 10.7. The Balaban J connectivity index is 1.66. The molecular formula is C27H25NO. The largest absolute Gasteiger partial charge is 0.508 e. The van der Waals surface area contributed by atoms with Crippen LogP contribution in [-0.4, -0.2) is 5.11 Å². The Bertz CT molecular complexity index is 1020. The summed E-state index contributed by atoms with van der Waals surface area (Å²) in [5.41, 5.74) is 8.35. The quantitative estimate of drug-likeness (QED) is 0.401. The highest BCUT2D eigenvalue weighted by atomic mass is 16.3. The van der Waals surface area contributed by atoms with E-state index in [0.29, 0.717) is 5.75 Å². The lowest BCUT2D eigenvalue weighted by Crippen LogP contribution is -2.10. The van der Waals surface area contributed by atoms with Gasteiger partial charge in [-0.3, -0.25) is 0 Å². The fourth-order valence-corrected chi connectivity index (χ4v) is 3.45. The Morgan fingerprint density at radius 3 is 1.28 bits per heavy atom. The molecule has 0 radical (unpaired) electrons. The molecule has 2 heteroatoms. The minimum Gasteiger partial charge on any atom is -0.508 e. The van der Waals surface area contributed by atoms with Crippen LogP contribution in [0.15, 0.2) is 97.1 Å². The summed E-state index contributed by atoms with van der Waals surface area (Å²) in [6, 6.07) is 33.4. The number of aromatic hydroxyl groups is 1. The summed E-state index contributed by atoms with van der Waals surface area (Å²) >= 11 is 0. The van der Waals surface area contributed by atoms with Crippen LogP contribution in [0, 0.1) is 13.8 Å². The molecule has 0 unspecified atom stereocenters. The molecule has 4 aromatic rings. The molecule has 0 aliphatic heterocycles. The van der Waals surface area contributed by atoms with Gasteiger partial charge in [-0.05, 0) is 79.9 Å². The molecule has 4 rings (SSSR count). The molecule has 0 aliphatic rings. The maximum Gasteiger partial charge on any atom is 0.115 e. The van der Waals surface area contributed by atoms with Gasteiger partial charge in [-0.25, -0.2) is 0 Å². The molecule has 1 N–H and O–H groups in total. The van der Waals surface area contributed by atoms with Crippen LogP contribution in [0.25, 0.3) is 0 Å². The van der Waals surface area contributed by atoms with Crippen LogP contribution in [0.3, 0.4) is 0 Å². The standard InChI is InChI=1S/C27H25NO/c1-20-3-11-24(12-4-20)28(25-13-5-21(2)6-14-25)26-15-7-22(8-16-26)19-23-9-17-27(29)18-10-23/h3-18,29H,19H2,1-2H3. The molecule has 144 valence electrons. The maximum atomic E-state index is 9.47. The second kappa shape index (κ2) is 8.24. The van der Waals surface area contributed by atoms with Gasteiger partial charge < -0.3 is 10.0 Å². The zero-order valence-electron chi connectivity index (χ0n) is 16.8. The predicted molar refractivity (Wildman–Crippen MR) is 122 cm³/mol. The number of hydrogen-bond donors (Lipinski definition) is 1. The average molecular weight is 380 g/mol.